The summed E-state index contributed by atoms with van der Waals surface area (Å²) < 4.78 is 0.859. The number of non-ortho nitro benzene ring substituents is 1. The van der Waals surface area contributed by atoms with Crippen molar-refractivity contribution in [3.8, 4) is 0 Å². The van der Waals surface area contributed by atoms with Crippen LogP contribution in [0, 0.1) is 10.1 Å². The fraction of sp³-hybridized carbons (Fsp3) is 0.429. The predicted octanol–water partition coefficient (Wildman–Crippen LogP) is 4.51. The molecule has 1 heterocycles. The molecule has 0 bridgehead atoms. The molecule has 6 nitrogen and oxygen atoms in total. The van der Waals surface area contributed by atoms with Gasteiger partial charge in [-0.05, 0) is 18.9 Å². The third-order valence-corrected chi connectivity index (χ3v) is 5.16. The molecule has 0 saturated heterocycles. The second-order valence-electron chi connectivity index (χ2n) is 4.77. The summed E-state index contributed by atoms with van der Waals surface area (Å²) in [5.74, 6) is 0. The predicted molar refractivity (Wildman–Crippen MR) is 90.7 cm³/mol. The lowest BCUT2D eigenvalue weighted by atomic mass is 10.1. The van der Waals surface area contributed by atoms with Gasteiger partial charge in [-0.15, -0.1) is 10.2 Å². The first-order valence-corrected chi connectivity index (χ1v) is 8.78. The molecule has 2 rings (SSSR count). The fourth-order valence-corrected chi connectivity index (χ4v) is 3.85. The molecule has 0 amide bonds. The van der Waals surface area contributed by atoms with Gasteiger partial charge in [0.25, 0.3) is 5.69 Å². The highest BCUT2D eigenvalue weighted by atomic mass is 32.2. The summed E-state index contributed by atoms with van der Waals surface area (Å²) in [6.45, 7) is 5.05. The highest BCUT2D eigenvalue weighted by molar-refractivity contribution is 8.01. The molecule has 22 heavy (non-hydrogen) atoms. The molecule has 0 aliphatic carbocycles. The van der Waals surface area contributed by atoms with Crippen molar-refractivity contribution in [3.63, 3.8) is 0 Å². The van der Waals surface area contributed by atoms with Crippen LogP contribution in [-0.2, 0) is 0 Å². The lowest BCUT2D eigenvalue weighted by Crippen LogP contribution is -1.99. The number of aromatic nitrogens is 2. The Kier molecular flexibility index (Phi) is 6.14. The Balaban J connectivity index is 1.98. The lowest BCUT2D eigenvalue weighted by molar-refractivity contribution is -0.384. The van der Waals surface area contributed by atoms with E-state index >= 15 is 0 Å². The van der Waals surface area contributed by atoms with Gasteiger partial charge in [0.1, 0.15) is 0 Å². The Morgan fingerprint density at radius 1 is 1.45 bits per heavy atom. The monoisotopic (exact) mass is 338 g/mol. The highest BCUT2D eigenvalue weighted by Gasteiger charge is 2.14. The lowest BCUT2D eigenvalue weighted by Gasteiger charge is -2.08. The average molecular weight is 338 g/mol. The third kappa shape index (κ3) is 4.67. The molecule has 0 radical (unpaired) electrons. The zero-order chi connectivity index (χ0) is 15.9. The summed E-state index contributed by atoms with van der Waals surface area (Å²) in [4.78, 5) is 10.5. The molecule has 0 unspecified atom stereocenters. The van der Waals surface area contributed by atoms with Gasteiger partial charge in [0.05, 0.1) is 4.92 Å². The van der Waals surface area contributed by atoms with Crippen LogP contribution < -0.4 is 5.32 Å². The van der Waals surface area contributed by atoms with Gasteiger partial charge in [0.15, 0.2) is 4.34 Å². The number of nitrogens with zero attached hydrogens (tertiary/aromatic N) is 3. The van der Waals surface area contributed by atoms with Crippen LogP contribution in [0.2, 0.25) is 0 Å². The van der Waals surface area contributed by atoms with Crippen LogP contribution in [0.15, 0.2) is 28.6 Å². The standard InChI is InChI=1S/C14H18N4O2S2/c1-3-4-8-15-13-16-17-14(22-13)21-10(2)11-6-5-7-12(9-11)18(19)20/h5-7,9-10H,3-4,8H2,1-2H3,(H,15,16)/t10-/m0/s1. The van der Waals surface area contributed by atoms with Gasteiger partial charge in [-0.1, -0.05) is 48.6 Å². The number of hydrogen-bond donors (Lipinski definition) is 1. The van der Waals surface area contributed by atoms with Crippen LogP contribution in [0.1, 0.15) is 37.5 Å². The fourth-order valence-electron chi connectivity index (χ4n) is 1.81. The Labute approximate surface area is 137 Å². The maximum Gasteiger partial charge on any atom is 0.269 e. The Morgan fingerprint density at radius 3 is 3.00 bits per heavy atom. The van der Waals surface area contributed by atoms with E-state index in [0.717, 1.165) is 34.4 Å². The summed E-state index contributed by atoms with van der Waals surface area (Å²) in [7, 11) is 0. The molecule has 0 aliphatic heterocycles. The molecule has 118 valence electrons. The van der Waals surface area contributed by atoms with Crippen molar-refractivity contribution in [2.45, 2.75) is 36.3 Å². The van der Waals surface area contributed by atoms with Crippen molar-refractivity contribution in [2.75, 3.05) is 11.9 Å². The molecule has 1 aromatic carbocycles. The molecule has 0 saturated carbocycles. The van der Waals surface area contributed by atoms with Gasteiger partial charge in [-0.3, -0.25) is 10.1 Å². The third-order valence-electron chi connectivity index (χ3n) is 3.04. The van der Waals surface area contributed by atoms with E-state index in [0.29, 0.717) is 0 Å². The zero-order valence-corrected chi connectivity index (χ0v) is 14.1. The number of thioether (sulfide) groups is 1. The number of nitro groups is 1. The first kappa shape index (κ1) is 16.7. The summed E-state index contributed by atoms with van der Waals surface area (Å²) in [6, 6.07) is 6.72. The largest absolute Gasteiger partial charge is 0.360 e. The van der Waals surface area contributed by atoms with E-state index in [4.69, 9.17) is 0 Å². The van der Waals surface area contributed by atoms with E-state index in [9.17, 15) is 10.1 Å². The van der Waals surface area contributed by atoms with Gasteiger partial charge in [-0.25, -0.2) is 0 Å². The topological polar surface area (TPSA) is 81.0 Å². The van der Waals surface area contributed by atoms with Crippen LogP contribution in [-0.4, -0.2) is 21.7 Å². The van der Waals surface area contributed by atoms with Crippen molar-refractivity contribution >= 4 is 33.9 Å². The van der Waals surface area contributed by atoms with E-state index in [1.807, 2.05) is 13.0 Å². The second kappa shape index (κ2) is 8.09. The first-order chi connectivity index (χ1) is 10.6. The molecular weight excluding hydrogens is 320 g/mol. The van der Waals surface area contributed by atoms with Crippen LogP contribution in [0.3, 0.4) is 0 Å². The van der Waals surface area contributed by atoms with Crippen molar-refractivity contribution in [1.29, 1.82) is 0 Å². The smallest absolute Gasteiger partial charge is 0.269 e. The molecule has 0 fully saturated rings. The van der Waals surface area contributed by atoms with Crippen molar-refractivity contribution < 1.29 is 4.92 Å². The minimum Gasteiger partial charge on any atom is -0.360 e. The number of nitrogens with one attached hydrogen (secondary N) is 1. The van der Waals surface area contributed by atoms with Crippen LogP contribution >= 0.6 is 23.1 Å². The van der Waals surface area contributed by atoms with E-state index in [1.54, 1.807) is 23.9 Å². The van der Waals surface area contributed by atoms with Gasteiger partial charge >= 0.3 is 0 Å². The van der Waals surface area contributed by atoms with E-state index in [1.165, 1.54) is 17.4 Å². The number of benzene rings is 1. The minimum atomic E-state index is -0.373. The number of anilines is 1. The number of unbranched alkanes of at least 4 members (excludes halogenated alkanes) is 1. The average Bonchev–Trinajstić information content (AvgIpc) is 2.95. The van der Waals surface area contributed by atoms with Gasteiger partial charge in [-0.2, -0.15) is 0 Å². The number of rotatable bonds is 8. The van der Waals surface area contributed by atoms with Crippen molar-refractivity contribution in [2.24, 2.45) is 0 Å². The van der Waals surface area contributed by atoms with Crippen LogP contribution in [0.4, 0.5) is 10.8 Å². The summed E-state index contributed by atoms with van der Waals surface area (Å²) in [5, 5.41) is 23.2. The van der Waals surface area contributed by atoms with Gasteiger partial charge < -0.3 is 5.32 Å². The summed E-state index contributed by atoms with van der Waals surface area (Å²) >= 11 is 3.07. The van der Waals surface area contributed by atoms with Gasteiger partial charge in [0, 0.05) is 23.9 Å². The number of nitro benzene ring substituents is 1. The molecule has 1 atom stereocenters. The van der Waals surface area contributed by atoms with Crippen molar-refractivity contribution in [3.05, 3.63) is 39.9 Å². The maximum atomic E-state index is 10.8. The number of hydrogen-bond acceptors (Lipinski definition) is 7. The van der Waals surface area contributed by atoms with E-state index in [-0.39, 0.29) is 15.9 Å². The normalized spacial score (nSPS) is 12.1. The first-order valence-electron chi connectivity index (χ1n) is 7.08. The molecular formula is C14H18N4O2S2. The second-order valence-corrected chi connectivity index (χ2v) is 7.33. The van der Waals surface area contributed by atoms with Crippen LogP contribution in [0.25, 0.3) is 0 Å². The molecule has 1 N–H and O–H groups in total. The molecule has 0 aliphatic rings. The summed E-state index contributed by atoms with van der Waals surface area (Å²) in [6.07, 6.45) is 2.24. The van der Waals surface area contributed by atoms with Gasteiger partial charge in [0.2, 0.25) is 5.13 Å². The zero-order valence-electron chi connectivity index (χ0n) is 12.5. The molecule has 8 heteroatoms. The summed E-state index contributed by atoms with van der Waals surface area (Å²) in [5.41, 5.74) is 1.03. The SMILES string of the molecule is CCCCNc1nnc(S[C@@H](C)c2cccc([N+](=O)[O-])c2)s1. The molecule has 0 spiro atoms. The van der Waals surface area contributed by atoms with Crippen molar-refractivity contribution in [1.82, 2.24) is 10.2 Å². The molecule has 1 aromatic heterocycles. The quantitative estimate of drug-likeness (QED) is 0.330. The highest BCUT2D eigenvalue weighted by Crippen LogP contribution is 2.38. The van der Waals surface area contributed by atoms with Crippen LogP contribution in [0.5, 0.6) is 0 Å². The minimum absolute atomic E-state index is 0.0799. The van der Waals surface area contributed by atoms with E-state index in [2.05, 4.69) is 22.4 Å². The van der Waals surface area contributed by atoms with E-state index < -0.39 is 0 Å². The maximum absolute atomic E-state index is 10.8. The Morgan fingerprint density at radius 2 is 2.27 bits per heavy atom. The Hall–Kier alpha value is -1.67. The Bertz CT molecular complexity index is 633. The molecule has 2 aromatic rings.